The highest BCUT2D eigenvalue weighted by Crippen LogP contribution is 2.27. The van der Waals surface area contributed by atoms with Gasteiger partial charge in [-0.2, -0.15) is 0 Å². The van der Waals surface area contributed by atoms with Crippen LogP contribution in [0.3, 0.4) is 0 Å². The highest BCUT2D eigenvalue weighted by atomic mass is 35.5. The van der Waals surface area contributed by atoms with E-state index in [1.807, 2.05) is 0 Å². The van der Waals surface area contributed by atoms with Crippen molar-refractivity contribution in [3.8, 4) is 5.75 Å². The number of phenolic OH excluding ortho intramolecular Hbond substituents is 1. The van der Waals surface area contributed by atoms with Gasteiger partial charge in [-0.15, -0.1) is 0 Å². The number of H-pyrrole nitrogens is 1. The van der Waals surface area contributed by atoms with Gasteiger partial charge in [0.15, 0.2) is 0 Å². The number of benzene rings is 1. The summed E-state index contributed by atoms with van der Waals surface area (Å²) in [7, 11) is 0. The number of anilines is 1. The number of amides is 1. The Kier molecular flexibility index (Phi) is 2.69. The van der Waals surface area contributed by atoms with Crippen molar-refractivity contribution in [2.24, 2.45) is 0 Å². The van der Waals surface area contributed by atoms with Gasteiger partial charge in [-0.05, 0) is 22.6 Å². The van der Waals surface area contributed by atoms with Crippen LogP contribution in [-0.2, 0) is 0 Å². The van der Waals surface area contributed by atoms with E-state index >= 15 is 0 Å². The zero-order chi connectivity index (χ0) is 11.5. The van der Waals surface area contributed by atoms with Crippen molar-refractivity contribution >= 4 is 23.5 Å². The lowest BCUT2D eigenvalue weighted by atomic mass is 10.2. The molecule has 0 atom stereocenters. The van der Waals surface area contributed by atoms with Gasteiger partial charge >= 0.3 is 0 Å². The SMILES string of the molecule is O=C(Nc1nnn[nH]1)c1cccc(Cl)c1O. The summed E-state index contributed by atoms with van der Waals surface area (Å²) in [6.45, 7) is 0. The monoisotopic (exact) mass is 239 g/mol. The second-order valence-corrected chi connectivity index (χ2v) is 3.25. The van der Waals surface area contributed by atoms with Crippen molar-refractivity contribution in [1.29, 1.82) is 0 Å². The molecule has 0 bridgehead atoms. The Hall–Kier alpha value is -2.15. The average Bonchev–Trinajstić information content (AvgIpc) is 2.74. The minimum atomic E-state index is -0.557. The van der Waals surface area contributed by atoms with Crippen LogP contribution in [-0.4, -0.2) is 31.6 Å². The number of hydrogen-bond acceptors (Lipinski definition) is 5. The fraction of sp³-hybridized carbons (Fsp3) is 0. The zero-order valence-corrected chi connectivity index (χ0v) is 8.56. The number of nitrogens with zero attached hydrogens (tertiary/aromatic N) is 3. The zero-order valence-electron chi connectivity index (χ0n) is 7.81. The summed E-state index contributed by atoms with van der Waals surface area (Å²) in [5, 5.41) is 24.4. The largest absolute Gasteiger partial charge is 0.506 e. The van der Waals surface area contributed by atoms with Crippen molar-refractivity contribution in [3.63, 3.8) is 0 Å². The first-order valence-corrected chi connectivity index (χ1v) is 4.59. The number of tetrazole rings is 1. The molecule has 1 aromatic heterocycles. The molecular weight excluding hydrogens is 234 g/mol. The summed E-state index contributed by atoms with van der Waals surface area (Å²) in [5.41, 5.74) is 0.0453. The van der Waals surface area contributed by atoms with Crippen LogP contribution >= 0.6 is 11.6 Å². The van der Waals surface area contributed by atoms with Gasteiger partial charge in [0, 0.05) is 0 Å². The molecule has 3 N–H and O–H groups in total. The molecule has 0 saturated heterocycles. The summed E-state index contributed by atoms with van der Waals surface area (Å²) in [4.78, 5) is 11.6. The van der Waals surface area contributed by atoms with Gasteiger partial charge in [-0.25, -0.2) is 5.10 Å². The third kappa shape index (κ3) is 1.94. The van der Waals surface area contributed by atoms with Gasteiger partial charge in [-0.1, -0.05) is 22.8 Å². The number of nitrogens with one attached hydrogen (secondary N) is 2. The van der Waals surface area contributed by atoms with E-state index in [1.165, 1.54) is 12.1 Å². The maximum Gasteiger partial charge on any atom is 0.261 e. The Morgan fingerprint density at radius 3 is 3.00 bits per heavy atom. The molecule has 2 rings (SSSR count). The Labute approximate surface area is 94.4 Å². The molecule has 8 heteroatoms. The van der Waals surface area contributed by atoms with Crippen LogP contribution in [0.2, 0.25) is 5.02 Å². The topological polar surface area (TPSA) is 104 Å². The molecule has 0 spiro atoms. The molecule has 1 amide bonds. The predicted octanol–water partition coefficient (Wildman–Crippen LogP) is 0.811. The molecule has 16 heavy (non-hydrogen) atoms. The molecule has 0 saturated carbocycles. The first-order valence-electron chi connectivity index (χ1n) is 4.21. The summed E-state index contributed by atoms with van der Waals surface area (Å²) < 4.78 is 0. The second-order valence-electron chi connectivity index (χ2n) is 2.84. The molecule has 2 aromatic rings. The fourth-order valence-corrected chi connectivity index (χ4v) is 1.26. The summed E-state index contributed by atoms with van der Waals surface area (Å²) in [5.74, 6) is -0.753. The molecule has 1 aromatic carbocycles. The molecular formula is C8H6ClN5O2. The van der Waals surface area contributed by atoms with Crippen LogP contribution in [0.15, 0.2) is 18.2 Å². The minimum absolute atomic E-state index is 0.0453. The molecule has 0 unspecified atom stereocenters. The van der Waals surface area contributed by atoms with Gasteiger partial charge in [0.1, 0.15) is 5.75 Å². The number of phenols is 1. The number of para-hydroxylation sites is 1. The Balaban J connectivity index is 2.24. The van der Waals surface area contributed by atoms with E-state index in [4.69, 9.17) is 11.6 Å². The number of aromatic amines is 1. The third-order valence-electron chi connectivity index (χ3n) is 1.81. The average molecular weight is 240 g/mol. The lowest BCUT2D eigenvalue weighted by molar-refractivity contribution is 0.102. The predicted molar refractivity (Wildman–Crippen MR) is 55.2 cm³/mol. The van der Waals surface area contributed by atoms with Crippen LogP contribution in [0.5, 0.6) is 5.75 Å². The van der Waals surface area contributed by atoms with Gasteiger partial charge < -0.3 is 5.11 Å². The van der Waals surface area contributed by atoms with Crippen molar-refractivity contribution < 1.29 is 9.90 Å². The van der Waals surface area contributed by atoms with Crippen molar-refractivity contribution in [1.82, 2.24) is 20.6 Å². The van der Waals surface area contributed by atoms with E-state index in [1.54, 1.807) is 6.07 Å². The van der Waals surface area contributed by atoms with E-state index in [0.29, 0.717) is 0 Å². The fourth-order valence-electron chi connectivity index (χ4n) is 1.09. The van der Waals surface area contributed by atoms with Crippen molar-refractivity contribution in [2.75, 3.05) is 5.32 Å². The second kappa shape index (κ2) is 4.15. The van der Waals surface area contributed by atoms with E-state index in [0.717, 1.165) is 0 Å². The molecule has 0 aliphatic rings. The summed E-state index contributed by atoms with van der Waals surface area (Å²) >= 11 is 5.66. The first kappa shape index (κ1) is 10.4. The number of rotatable bonds is 2. The molecule has 0 aliphatic heterocycles. The highest BCUT2D eigenvalue weighted by Gasteiger charge is 2.14. The number of halogens is 1. The maximum absolute atomic E-state index is 11.6. The van der Waals surface area contributed by atoms with Crippen LogP contribution in [0.4, 0.5) is 5.95 Å². The van der Waals surface area contributed by atoms with E-state index in [-0.39, 0.29) is 22.3 Å². The quantitative estimate of drug-likeness (QED) is 0.719. The molecule has 0 fully saturated rings. The lowest BCUT2D eigenvalue weighted by Crippen LogP contribution is -2.13. The smallest absolute Gasteiger partial charge is 0.261 e. The normalized spacial score (nSPS) is 10.1. The number of aromatic hydroxyl groups is 1. The molecule has 82 valence electrons. The summed E-state index contributed by atoms with van der Waals surface area (Å²) in [6.07, 6.45) is 0. The maximum atomic E-state index is 11.6. The minimum Gasteiger partial charge on any atom is -0.506 e. The third-order valence-corrected chi connectivity index (χ3v) is 2.11. The molecule has 1 heterocycles. The van der Waals surface area contributed by atoms with Crippen LogP contribution in [0.25, 0.3) is 0 Å². The van der Waals surface area contributed by atoms with Gasteiger partial charge in [-0.3, -0.25) is 10.1 Å². The van der Waals surface area contributed by atoms with E-state index < -0.39 is 5.91 Å². The molecule has 0 aliphatic carbocycles. The highest BCUT2D eigenvalue weighted by molar-refractivity contribution is 6.32. The molecule has 0 radical (unpaired) electrons. The van der Waals surface area contributed by atoms with Crippen LogP contribution in [0, 0.1) is 0 Å². The first-order chi connectivity index (χ1) is 7.68. The lowest BCUT2D eigenvalue weighted by Gasteiger charge is -2.04. The van der Waals surface area contributed by atoms with Gasteiger partial charge in [0.25, 0.3) is 5.91 Å². The number of aromatic nitrogens is 4. The van der Waals surface area contributed by atoms with Crippen LogP contribution in [0.1, 0.15) is 10.4 Å². The number of carbonyl (C=O) groups excluding carboxylic acids is 1. The van der Waals surface area contributed by atoms with Crippen molar-refractivity contribution in [3.05, 3.63) is 28.8 Å². The van der Waals surface area contributed by atoms with E-state index in [9.17, 15) is 9.90 Å². The van der Waals surface area contributed by atoms with Crippen LogP contribution < -0.4 is 5.32 Å². The Morgan fingerprint density at radius 1 is 1.50 bits per heavy atom. The Morgan fingerprint density at radius 2 is 2.31 bits per heavy atom. The number of carbonyl (C=O) groups is 1. The summed E-state index contributed by atoms with van der Waals surface area (Å²) in [6, 6.07) is 4.46. The van der Waals surface area contributed by atoms with Crippen molar-refractivity contribution in [2.45, 2.75) is 0 Å². The van der Waals surface area contributed by atoms with Gasteiger partial charge in [0.2, 0.25) is 5.95 Å². The molecule has 7 nitrogen and oxygen atoms in total. The van der Waals surface area contributed by atoms with Gasteiger partial charge in [0.05, 0.1) is 10.6 Å². The standard InChI is InChI=1S/C8H6ClN5O2/c9-5-3-1-2-4(6(5)15)7(16)10-8-11-13-14-12-8/h1-3,15H,(H2,10,11,12,13,14,16). The number of hydrogen-bond donors (Lipinski definition) is 3. The Bertz CT molecular complexity index is 513. The van der Waals surface area contributed by atoms with E-state index in [2.05, 4.69) is 25.9 Å².